The third kappa shape index (κ3) is 4.45. The highest BCUT2D eigenvalue weighted by Crippen LogP contribution is 2.42. The number of hydrogen-bond acceptors (Lipinski definition) is 3. The number of nitrogens with one attached hydrogen (secondary N) is 1. The molecule has 0 aromatic heterocycles. The van der Waals surface area contributed by atoms with Crippen molar-refractivity contribution < 1.29 is 31.3 Å². The normalized spacial score (nSPS) is 16.1. The minimum absolute atomic E-state index is 0.289. The molecular weight excluding hydrogens is 442 g/mol. The number of alkyl halides is 2. The molecule has 0 spiro atoms. The molecule has 1 rings (SSSR count). The number of benzene rings is 1. The van der Waals surface area contributed by atoms with Crippen molar-refractivity contribution in [3.8, 4) is 0 Å². The van der Waals surface area contributed by atoms with Crippen LogP contribution in [0.15, 0.2) is 16.6 Å². The molecule has 0 aliphatic carbocycles. The lowest BCUT2D eigenvalue weighted by Gasteiger charge is -2.38. The zero-order valence-corrected chi connectivity index (χ0v) is 17.3. The second-order valence-corrected chi connectivity index (χ2v) is 9.47. The van der Waals surface area contributed by atoms with Gasteiger partial charge in [-0.3, -0.25) is 0 Å². The lowest BCUT2D eigenvalue weighted by Crippen LogP contribution is -2.60. The van der Waals surface area contributed by atoms with Crippen LogP contribution in [0.25, 0.3) is 0 Å². The minimum Gasteiger partial charge on any atom is -0.461 e. The van der Waals surface area contributed by atoms with E-state index in [0.29, 0.717) is 6.07 Å². The van der Waals surface area contributed by atoms with Crippen LogP contribution >= 0.6 is 15.9 Å². The fraction of sp³-hybridized carbons (Fsp3) is 0.562. The lowest BCUT2D eigenvalue weighted by molar-refractivity contribution is -0.183. The average molecular weight is 462 g/mol. The van der Waals surface area contributed by atoms with Gasteiger partial charge in [-0.15, -0.1) is 0 Å². The highest BCUT2D eigenvalue weighted by atomic mass is 79.9. The predicted octanol–water partition coefficient (Wildman–Crippen LogP) is 4.19. The second kappa shape index (κ2) is 7.93. The first-order valence-electron chi connectivity index (χ1n) is 7.58. The molecule has 1 aromatic carbocycles. The standard InChI is InChI=1S/C16H20BrF4NO3S/c1-6-25-13(23)16(20,21)15(5,22-26(24)14(2,3)4)9-7-10(17)12(19)8-11(9)18/h7-8,22H,6H2,1-5H3. The van der Waals surface area contributed by atoms with Crippen molar-refractivity contribution in [2.24, 2.45) is 0 Å². The average Bonchev–Trinajstić information content (AvgIpc) is 2.49. The van der Waals surface area contributed by atoms with Gasteiger partial charge < -0.3 is 4.74 Å². The Morgan fingerprint density at radius 3 is 2.19 bits per heavy atom. The molecule has 0 saturated carbocycles. The Balaban J connectivity index is 3.65. The summed E-state index contributed by atoms with van der Waals surface area (Å²) >= 11 is 2.81. The molecule has 2 unspecified atom stereocenters. The Morgan fingerprint density at radius 1 is 1.19 bits per heavy atom. The van der Waals surface area contributed by atoms with Gasteiger partial charge in [0, 0.05) is 11.6 Å². The zero-order valence-electron chi connectivity index (χ0n) is 14.9. The van der Waals surface area contributed by atoms with Crippen molar-refractivity contribution in [1.29, 1.82) is 0 Å². The van der Waals surface area contributed by atoms with E-state index in [4.69, 9.17) is 0 Å². The molecule has 0 aliphatic rings. The number of halogens is 5. The molecule has 0 bridgehead atoms. The molecule has 2 atom stereocenters. The summed E-state index contributed by atoms with van der Waals surface area (Å²) in [6.07, 6.45) is 0. The van der Waals surface area contributed by atoms with Crippen LogP contribution in [0.5, 0.6) is 0 Å². The van der Waals surface area contributed by atoms with Gasteiger partial charge in [-0.05, 0) is 56.6 Å². The molecule has 10 heteroatoms. The van der Waals surface area contributed by atoms with E-state index in [1.165, 1.54) is 27.7 Å². The van der Waals surface area contributed by atoms with Crippen LogP contribution in [-0.2, 0) is 26.1 Å². The third-order valence-electron chi connectivity index (χ3n) is 3.56. The molecule has 0 aliphatic heterocycles. The van der Waals surface area contributed by atoms with E-state index >= 15 is 0 Å². The number of hydrogen-bond donors (Lipinski definition) is 1. The van der Waals surface area contributed by atoms with Crippen LogP contribution in [0.1, 0.15) is 40.2 Å². The molecule has 0 saturated heterocycles. The Bertz CT molecular complexity index is 724. The molecule has 148 valence electrons. The van der Waals surface area contributed by atoms with E-state index in [1.54, 1.807) is 0 Å². The molecule has 0 radical (unpaired) electrons. The van der Waals surface area contributed by atoms with Crippen LogP contribution in [0, 0.1) is 11.6 Å². The van der Waals surface area contributed by atoms with Crippen LogP contribution in [0.2, 0.25) is 0 Å². The van der Waals surface area contributed by atoms with Crippen LogP contribution in [-0.4, -0.2) is 27.5 Å². The molecule has 0 amide bonds. The van der Waals surface area contributed by atoms with Crippen molar-refractivity contribution >= 4 is 32.9 Å². The maximum atomic E-state index is 15.0. The smallest absolute Gasteiger partial charge is 0.379 e. The number of carbonyl (C=O) groups is 1. The van der Waals surface area contributed by atoms with E-state index < -0.39 is 50.4 Å². The summed E-state index contributed by atoms with van der Waals surface area (Å²) in [5.74, 6) is -8.55. The minimum atomic E-state index is -4.30. The maximum Gasteiger partial charge on any atom is 0.379 e. The van der Waals surface area contributed by atoms with Crippen molar-refractivity contribution in [3.63, 3.8) is 0 Å². The first-order chi connectivity index (χ1) is 11.7. The summed E-state index contributed by atoms with van der Waals surface area (Å²) in [4.78, 5) is 11.9. The quantitative estimate of drug-likeness (QED) is 0.392. The topological polar surface area (TPSA) is 55.4 Å². The van der Waals surface area contributed by atoms with E-state index in [9.17, 15) is 26.6 Å². The number of ether oxygens (including phenoxy) is 1. The number of rotatable bonds is 6. The van der Waals surface area contributed by atoms with E-state index in [1.807, 2.05) is 0 Å². The van der Waals surface area contributed by atoms with Crippen LogP contribution in [0.3, 0.4) is 0 Å². The molecule has 1 aromatic rings. The summed E-state index contributed by atoms with van der Waals surface area (Å²) in [7, 11) is -2.11. The van der Waals surface area contributed by atoms with Gasteiger partial charge in [0.15, 0.2) is 0 Å². The molecule has 26 heavy (non-hydrogen) atoms. The first-order valence-corrected chi connectivity index (χ1v) is 9.52. The van der Waals surface area contributed by atoms with Gasteiger partial charge in [-0.25, -0.2) is 22.5 Å². The fourth-order valence-electron chi connectivity index (χ4n) is 1.96. The summed E-state index contributed by atoms with van der Waals surface area (Å²) in [6.45, 7) is 6.35. The molecule has 0 heterocycles. The van der Waals surface area contributed by atoms with Gasteiger partial charge in [0.25, 0.3) is 0 Å². The molecular formula is C16H20BrF4NO3S. The lowest BCUT2D eigenvalue weighted by atomic mass is 9.86. The molecule has 0 fully saturated rings. The van der Waals surface area contributed by atoms with Gasteiger partial charge in [0.2, 0.25) is 0 Å². The fourth-order valence-corrected chi connectivity index (χ4v) is 3.22. The van der Waals surface area contributed by atoms with Crippen molar-refractivity contribution in [2.45, 2.75) is 50.8 Å². The van der Waals surface area contributed by atoms with E-state index in [-0.39, 0.29) is 11.1 Å². The maximum absolute atomic E-state index is 15.0. The Labute approximate surface area is 160 Å². The van der Waals surface area contributed by atoms with Gasteiger partial charge in [-0.2, -0.15) is 8.78 Å². The third-order valence-corrected chi connectivity index (χ3v) is 5.88. The van der Waals surface area contributed by atoms with Gasteiger partial charge in [0.05, 0.1) is 26.8 Å². The zero-order chi connectivity index (χ0) is 20.5. The van der Waals surface area contributed by atoms with Crippen molar-refractivity contribution in [3.05, 3.63) is 33.8 Å². The van der Waals surface area contributed by atoms with E-state index in [0.717, 1.165) is 13.0 Å². The van der Waals surface area contributed by atoms with Crippen LogP contribution in [0.4, 0.5) is 17.6 Å². The van der Waals surface area contributed by atoms with E-state index in [2.05, 4.69) is 25.4 Å². The van der Waals surface area contributed by atoms with Crippen molar-refractivity contribution in [2.75, 3.05) is 6.61 Å². The monoisotopic (exact) mass is 461 g/mol. The summed E-state index contributed by atoms with van der Waals surface area (Å²) in [6, 6.07) is 1.19. The first kappa shape index (κ1) is 23.0. The number of carbonyl (C=O) groups excluding carboxylic acids is 1. The SMILES string of the molecule is CCOC(=O)C(F)(F)C(C)(NS(=O)C(C)(C)C)c1cc(Br)c(F)cc1F. The Hall–Kier alpha value is -1.00. The highest BCUT2D eigenvalue weighted by Gasteiger charge is 2.60. The largest absolute Gasteiger partial charge is 0.461 e. The van der Waals surface area contributed by atoms with Crippen LogP contribution < -0.4 is 4.72 Å². The Morgan fingerprint density at radius 2 is 1.73 bits per heavy atom. The predicted molar refractivity (Wildman–Crippen MR) is 94.0 cm³/mol. The number of esters is 1. The van der Waals surface area contributed by atoms with Gasteiger partial charge >= 0.3 is 11.9 Å². The second-order valence-electron chi connectivity index (χ2n) is 6.65. The summed E-state index contributed by atoms with van der Waals surface area (Å²) in [5, 5.41) is 0. The van der Waals surface area contributed by atoms with Gasteiger partial charge in [0.1, 0.15) is 17.2 Å². The highest BCUT2D eigenvalue weighted by molar-refractivity contribution is 9.10. The Kier molecular flexibility index (Phi) is 7.03. The van der Waals surface area contributed by atoms with Crippen molar-refractivity contribution in [1.82, 2.24) is 4.72 Å². The molecule has 4 nitrogen and oxygen atoms in total. The summed E-state index contributed by atoms with van der Waals surface area (Å²) < 4.78 is 75.5. The van der Waals surface area contributed by atoms with Gasteiger partial charge in [-0.1, -0.05) is 0 Å². The molecule has 1 N–H and O–H groups in total. The summed E-state index contributed by atoms with van der Waals surface area (Å²) in [5.41, 5.74) is -3.50.